The molecular weight excluding hydrogens is 262 g/mol. The van der Waals surface area contributed by atoms with Gasteiger partial charge in [-0.05, 0) is 30.2 Å². The van der Waals surface area contributed by atoms with Crippen LogP contribution in [0, 0.1) is 6.92 Å². The monoisotopic (exact) mass is 277 g/mol. The Labute approximate surface area is 123 Å². The summed E-state index contributed by atoms with van der Waals surface area (Å²) in [5.74, 6) is 0. The number of carbonyl (C=O) groups excluding carboxylic acids is 1. The van der Waals surface area contributed by atoms with E-state index >= 15 is 0 Å². The van der Waals surface area contributed by atoms with E-state index in [9.17, 15) is 4.79 Å². The highest BCUT2D eigenvalue weighted by Crippen LogP contribution is 2.17. The fourth-order valence-corrected chi connectivity index (χ4v) is 2.33. The summed E-state index contributed by atoms with van der Waals surface area (Å²) in [5, 5.41) is 8.11. The molecule has 3 rings (SSSR count). The molecule has 0 radical (unpaired) electrons. The molecule has 0 aliphatic carbocycles. The Balaban J connectivity index is 2.06. The predicted octanol–water partition coefficient (Wildman–Crippen LogP) is 2.98. The Bertz CT molecular complexity index is 763. The molecule has 0 N–H and O–H groups in total. The van der Waals surface area contributed by atoms with Gasteiger partial charge in [0.25, 0.3) is 0 Å². The molecule has 0 bridgehead atoms. The number of nitrogens with zero attached hydrogens (tertiary/aromatic N) is 3. The number of aldehydes is 1. The van der Waals surface area contributed by atoms with Crippen molar-refractivity contribution in [1.82, 2.24) is 15.0 Å². The molecule has 0 saturated carbocycles. The Kier molecular flexibility index (Phi) is 3.60. The van der Waals surface area contributed by atoms with Gasteiger partial charge in [-0.15, -0.1) is 5.10 Å². The Morgan fingerprint density at radius 3 is 2.62 bits per heavy atom. The van der Waals surface area contributed by atoms with Gasteiger partial charge in [-0.2, -0.15) is 0 Å². The van der Waals surface area contributed by atoms with Gasteiger partial charge < -0.3 is 0 Å². The Hall–Kier alpha value is -2.75. The van der Waals surface area contributed by atoms with Crippen LogP contribution in [-0.4, -0.2) is 21.3 Å². The molecule has 4 nitrogen and oxygen atoms in total. The first kappa shape index (κ1) is 13.2. The Morgan fingerprint density at radius 2 is 1.90 bits per heavy atom. The summed E-state index contributed by atoms with van der Waals surface area (Å²) in [6.45, 7) is 2.03. The molecule has 0 aliphatic rings. The van der Waals surface area contributed by atoms with Gasteiger partial charge in [0, 0.05) is 6.42 Å². The summed E-state index contributed by atoms with van der Waals surface area (Å²) in [6.07, 6.45) is 1.38. The van der Waals surface area contributed by atoms with Crippen molar-refractivity contribution in [1.29, 1.82) is 0 Å². The summed E-state index contributed by atoms with van der Waals surface area (Å²) >= 11 is 0. The van der Waals surface area contributed by atoms with Crippen LogP contribution in [0.25, 0.3) is 5.69 Å². The normalized spacial score (nSPS) is 10.5. The second-order valence-electron chi connectivity index (χ2n) is 4.95. The standard InChI is InChI=1S/C17H15N3O/c1-13-6-5-9-15(10-13)20-17(16(12-21)18-19-20)11-14-7-3-2-4-8-14/h2-10,12H,11H2,1H3. The van der Waals surface area contributed by atoms with E-state index in [4.69, 9.17) is 0 Å². The molecule has 21 heavy (non-hydrogen) atoms. The van der Waals surface area contributed by atoms with Crippen LogP contribution in [0.3, 0.4) is 0 Å². The smallest absolute Gasteiger partial charge is 0.172 e. The highest BCUT2D eigenvalue weighted by molar-refractivity contribution is 5.73. The van der Waals surface area contributed by atoms with Gasteiger partial charge in [0.2, 0.25) is 0 Å². The molecule has 0 fully saturated rings. The van der Waals surface area contributed by atoms with Gasteiger partial charge >= 0.3 is 0 Å². The lowest BCUT2D eigenvalue weighted by atomic mass is 10.1. The molecule has 0 aliphatic heterocycles. The van der Waals surface area contributed by atoms with E-state index in [1.54, 1.807) is 4.68 Å². The van der Waals surface area contributed by atoms with E-state index in [1.165, 1.54) is 0 Å². The fourth-order valence-electron chi connectivity index (χ4n) is 2.33. The quantitative estimate of drug-likeness (QED) is 0.689. The average Bonchev–Trinajstić information content (AvgIpc) is 2.91. The van der Waals surface area contributed by atoms with E-state index in [0.29, 0.717) is 12.1 Å². The molecule has 0 saturated heterocycles. The summed E-state index contributed by atoms with van der Waals surface area (Å²) in [7, 11) is 0. The van der Waals surface area contributed by atoms with Crippen molar-refractivity contribution >= 4 is 6.29 Å². The van der Waals surface area contributed by atoms with Crippen molar-refractivity contribution in [2.45, 2.75) is 13.3 Å². The minimum Gasteiger partial charge on any atom is -0.296 e. The van der Waals surface area contributed by atoms with Crippen molar-refractivity contribution in [2.24, 2.45) is 0 Å². The topological polar surface area (TPSA) is 47.8 Å². The number of carbonyl (C=O) groups is 1. The fraction of sp³-hybridized carbons (Fsp3) is 0.118. The first-order valence-corrected chi connectivity index (χ1v) is 6.78. The van der Waals surface area contributed by atoms with Crippen LogP contribution in [0.4, 0.5) is 0 Å². The first-order chi connectivity index (χ1) is 10.3. The number of aromatic nitrogens is 3. The molecule has 0 unspecified atom stereocenters. The van der Waals surface area contributed by atoms with Gasteiger partial charge in [0.1, 0.15) is 5.69 Å². The predicted molar refractivity (Wildman–Crippen MR) is 80.7 cm³/mol. The minimum absolute atomic E-state index is 0.389. The zero-order valence-corrected chi connectivity index (χ0v) is 11.7. The number of benzene rings is 2. The van der Waals surface area contributed by atoms with Gasteiger partial charge in [0.05, 0.1) is 11.4 Å². The van der Waals surface area contributed by atoms with Crippen LogP contribution in [0.5, 0.6) is 0 Å². The van der Waals surface area contributed by atoms with Crippen molar-refractivity contribution in [3.63, 3.8) is 0 Å². The zero-order valence-electron chi connectivity index (χ0n) is 11.7. The molecule has 2 aromatic carbocycles. The van der Waals surface area contributed by atoms with E-state index in [-0.39, 0.29) is 0 Å². The van der Waals surface area contributed by atoms with Crippen molar-refractivity contribution in [3.05, 3.63) is 77.1 Å². The first-order valence-electron chi connectivity index (χ1n) is 6.78. The molecule has 0 atom stereocenters. The molecule has 1 heterocycles. The van der Waals surface area contributed by atoms with Gasteiger partial charge in [0.15, 0.2) is 6.29 Å². The number of aryl methyl sites for hydroxylation is 1. The van der Waals surface area contributed by atoms with Crippen molar-refractivity contribution in [2.75, 3.05) is 0 Å². The molecule has 0 amide bonds. The zero-order chi connectivity index (χ0) is 14.7. The maximum atomic E-state index is 11.2. The van der Waals surface area contributed by atoms with Crippen LogP contribution < -0.4 is 0 Å². The highest BCUT2D eigenvalue weighted by Gasteiger charge is 2.14. The second-order valence-corrected chi connectivity index (χ2v) is 4.95. The maximum Gasteiger partial charge on any atom is 0.172 e. The van der Waals surface area contributed by atoms with Crippen molar-refractivity contribution < 1.29 is 4.79 Å². The van der Waals surface area contributed by atoms with Crippen LogP contribution >= 0.6 is 0 Å². The lowest BCUT2D eigenvalue weighted by Gasteiger charge is -2.07. The molecule has 3 aromatic rings. The van der Waals surface area contributed by atoms with E-state index < -0.39 is 0 Å². The number of rotatable bonds is 4. The Morgan fingerprint density at radius 1 is 1.10 bits per heavy atom. The summed E-state index contributed by atoms with van der Waals surface area (Å²) < 4.78 is 1.74. The molecular formula is C17H15N3O. The lowest BCUT2D eigenvalue weighted by molar-refractivity contribution is 0.111. The largest absolute Gasteiger partial charge is 0.296 e. The third-order valence-corrected chi connectivity index (χ3v) is 3.37. The highest BCUT2D eigenvalue weighted by atomic mass is 16.1. The number of hydrogen-bond donors (Lipinski definition) is 0. The van der Waals surface area contributed by atoms with E-state index in [0.717, 1.165) is 28.8 Å². The SMILES string of the molecule is Cc1cccc(-n2nnc(C=O)c2Cc2ccccc2)c1. The average molecular weight is 277 g/mol. The van der Waals surface area contributed by atoms with Crippen LogP contribution in [0.2, 0.25) is 0 Å². The minimum atomic E-state index is 0.389. The summed E-state index contributed by atoms with van der Waals surface area (Å²) in [4.78, 5) is 11.2. The lowest BCUT2D eigenvalue weighted by Crippen LogP contribution is -2.05. The maximum absolute atomic E-state index is 11.2. The molecule has 4 heteroatoms. The summed E-state index contributed by atoms with van der Waals surface area (Å²) in [5.41, 5.74) is 4.38. The third kappa shape index (κ3) is 2.74. The molecule has 1 aromatic heterocycles. The van der Waals surface area contributed by atoms with E-state index in [1.807, 2.05) is 61.5 Å². The summed E-state index contributed by atoms with van der Waals surface area (Å²) in [6, 6.07) is 18.0. The number of hydrogen-bond acceptors (Lipinski definition) is 3. The van der Waals surface area contributed by atoms with E-state index in [2.05, 4.69) is 10.3 Å². The van der Waals surface area contributed by atoms with Crippen molar-refractivity contribution in [3.8, 4) is 5.69 Å². The van der Waals surface area contributed by atoms with Gasteiger partial charge in [-0.1, -0.05) is 47.7 Å². The second kappa shape index (κ2) is 5.71. The molecule has 0 spiro atoms. The third-order valence-electron chi connectivity index (χ3n) is 3.37. The molecule has 104 valence electrons. The van der Waals surface area contributed by atoms with Crippen LogP contribution in [0.1, 0.15) is 27.3 Å². The van der Waals surface area contributed by atoms with Crippen LogP contribution in [-0.2, 0) is 6.42 Å². The van der Waals surface area contributed by atoms with Gasteiger partial charge in [-0.25, -0.2) is 4.68 Å². The van der Waals surface area contributed by atoms with Crippen LogP contribution in [0.15, 0.2) is 54.6 Å². The van der Waals surface area contributed by atoms with Gasteiger partial charge in [-0.3, -0.25) is 4.79 Å².